The molecule has 2 nitrogen and oxygen atoms in total. The minimum Gasteiger partial charge on any atom is -0.378 e. The molecule has 2 N–H and O–H groups in total. The zero-order valence-electron chi connectivity index (χ0n) is 10.4. The summed E-state index contributed by atoms with van der Waals surface area (Å²) in [4.78, 5) is 0. The summed E-state index contributed by atoms with van der Waals surface area (Å²) in [6, 6.07) is 2.33. The topological polar surface area (TPSA) is 35.2 Å². The first kappa shape index (κ1) is 14.3. The molecule has 106 valence electrons. The van der Waals surface area contributed by atoms with E-state index in [1.165, 1.54) is 6.07 Å². The van der Waals surface area contributed by atoms with Crippen molar-refractivity contribution in [2.45, 2.75) is 31.7 Å². The molecule has 1 saturated heterocycles. The summed E-state index contributed by atoms with van der Waals surface area (Å²) < 4.78 is 56.2. The van der Waals surface area contributed by atoms with Crippen LogP contribution in [0.2, 0.25) is 0 Å². The van der Waals surface area contributed by atoms with Crippen LogP contribution in [0.1, 0.15) is 30.5 Å². The lowest BCUT2D eigenvalue weighted by molar-refractivity contribution is -0.140. The molecular weight excluding hydrogens is 262 g/mol. The Morgan fingerprint density at radius 2 is 2.05 bits per heavy atom. The molecule has 1 aliphatic rings. The van der Waals surface area contributed by atoms with Crippen LogP contribution in [-0.4, -0.2) is 12.7 Å². The lowest BCUT2D eigenvalue weighted by Gasteiger charge is -2.19. The zero-order chi connectivity index (χ0) is 14.2. The predicted octanol–water partition coefficient (Wildman–Crippen LogP) is 3.27. The second kappa shape index (κ2) is 5.09. The van der Waals surface area contributed by atoms with Crippen LogP contribution in [0, 0.1) is 11.7 Å². The van der Waals surface area contributed by atoms with Gasteiger partial charge in [0.25, 0.3) is 0 Å². The molecule has 6 heteroatoms. The van der Waals surface area contributed by atoms with E-state index in [9.17, 15) is 17.6 Å². The van der Waals surface area contributed by atoms with Crippen molar-refractivity contribution in [1.29, 1.82) is 0 Å². The second-order valence-corrected chi connectivity index (χ2v) is 4.90. The van der Waals surface area contributed by atoms with Gasteiger partial charge in [-0.1, -0.05) is 6.07 Å². The van der Waals surface area contributed by atoms with Gasteiger partial charge in [-0.25, -0.2) is 4.39 Å². The largest absolute Gasteiger partial charge is 0.419 e. The van der Waals surface area contributed by atoms with E-state index < -0.39 is 23.6 Å². The predicted molar refractivity (Wildman–Crippen MR) is 61.9 cm³/mol. The van der Waals surface area contributed by atoms with Gasteiger partial charge in [0, 0.05) is 12.0 Å². The van der Waals surface area contributed by atoms with Crippen LogP contribution >= 0.6 is 0 Å². The van der Waals surface area contributed by atoms with E-state index in [1.807, 2.05) is 6.92 Å². The Hall–Kier alpha value is -1.14. The van der Waals surface area contributed by atoms with E-state index in [0.717, 1.165) is 18.6 Å². The van der Waals surface area contributed by atoms with Crippen LogP contribution in [0.3, 0.4) is 0 Å². The van der Waals surface area contributed by atoms with Gasteiger partial charge in [-0.15, -0.1) is 0 Å². The number of hydrogen-bond acceptors (Lipinski definition) is 2. The van der Waals surface area contributed by atoms with Crippen molar-refractivity contribution in [2.75, 3.05) is 6.61 Å². The third-order valence-electron chi connectivity index (χ3n) is 3.42. The maximum absolute atomic E-state index is 13.5. The monoisotopic (exact) mass is 277 g/mol. The lowest BCUT2D eigenvalue weighted by Crippen LogP contribution is -2.22. The minimum absolute atomic E-state index is 0.00568. The van der Waals surface area contributed by atoms with Gasteiger partial charge in [-0.3, -0.25) is 0 Å². The molecule has 0 radical (unpaired) electrons. The van der Waals surface area contributed by atoms with Gasteiger partial charge in [-0.2, -0.15) is 13.2 Å². The Balaban J connectivity index is 2.20. The molecule has 2 rings (SSSR count). The molecule has 0 spiro atoms. The van der Waals surface area contributed by atoms with E-state index in [0.29, 0.717) is 12.2 Å². The molecule has 0 bridgehead atoms. The lowest BCUT2D eigenvalue weighted by atomic mass is 9.91. The quantitative estimate of drug-likeness (QED) is 0.842. The Morgan fingerprint density at radius 3 is 2.53 bits per heavy atom. The average Bonchev–Trinajstić information content (AvgIpc) is 2.73. The van der Waals surface area contributed by atoms with Gasteiger partial charge < -0.3 is 10.5 Å². The fraction of sp³-hybridized carbons (Fsp3) is 0.538. The Labute approximate surface area is 108 Å². The van der Waals surface area contributed by atoms with E-state index in [1.54, 1.807) is 0 Å². The van der Waals surface area contributed by atoms with Crippen LogP contribution in [0.25, 0.3) is 0 Å². The number of ether oxygens (including phenoxy) is 1. The summed E-state index contributed by atoms with van der Waals surface area (Å²) in [5.41, 5.74) is 5.07. The van der Waals surface area contributed by atoms with Gasteiger partial charge in [0.1, 0.15) is 5.82 Å². The number of rotatable bonds is 2. The standard InChI is InChI=1S/C13H15F4NO/c1-7-4-9(6-19-7)12(18)8-2-3-10(11(14)5-8)13(15,16)17/h2-3,5,7,9,12H,4,6,18H2,1H3. The van der Waals surface area contributed by atoms with Gasteiger partial charge >= 0.3 is 6.18 Å². The van der Waals surface area contributed by atoms with Crippen molar-refractivity contribution in [2.24, 2.45) is 11.7 Å². The van der Waals surface area contributed by atoms with Crippen LogP contribution < -0.4 is 5.73 Å². The molecule has 0 saturated carbocycles. The fourth-order valence-electron chi connectivity index (χ4n) is 2.34. The van der Waals surface area contributed by atoms with E-state index >= 15 is 0 Å². The molecule has 0 aliphatic carbocycles. The maximum atomic E-state index is 13.5. The van der Waals surface area contributed by atoms with Gasteiger partial charge in [0.2, 0.25) is 0 Å². The minimum atomic E-state index is -4.68. The van der Waals surface area contributed by atoms with E-state index in [4.69, 9.17) is 10.5 Å². The Bertz CT molecular complexity index is 460. The highest BCUT2D eigenvalue weighted by molar-refractivity contribution is 5.29. The maximum Gasteiger partial charge on any atom is 0.419 e. The van der Waals surface area contributed by atoms with Crippen molar-refractivity contribution in [3.63, 3.8) is 0 Å². The third kappa shape index (κ3) is 3.06. The molecule has 19 heavy (non-hydrogen) atoms. The summed E-state index contributed by atoms with van der Waals surface area (Å²) >= 11 is 0. The van der Waals surface area contributed by atoms with Gasteiger partial charge in [0.05, 0.1) is 18.3 Å². The summed E-state index contributed by atoms with van der Waals surface area (Å²) in [6.45, 7) is 2.35. The van der Waals surface area contributed by atoms with Crippen LogP contribution in [0.15, 0.2) is 18.2 Å². The van der Waals surface area contributed by atoms with Crippen molar-refractivity contribution in [3.8, 4) is 0 Å². The molecule has 3 atom stereocenters. The van der Waals surface area contributed by atoms with Crippen molar-refractivity contribution in [1.82, 2.24) is 0 Å². The first-order valence-corrected chi connectivity index (χ1v) is 6.03. The molecule has 3 unspecified atom stereocenters. The first-order valence-electron chi connectivity index (χ1n) is 6.03. The SMILES string of the molecule is CC1CC(C(N)c2ccc(C(F)(F)F)c(F)c2)CO1. The van der Waals surface area contributed by atoms with Gasteiger partial charge in [0.15, 0.2) is 0 Å². The molecule has 1 aromatic rings. The van der Waals surface area contributed by atoms with E-state index in [-0.39, 0.29) is 12.0 Å². The number of nitrogens with two attached hydrogens (primary N) is 1. The summed E-state index contributed by atoms with van der Waals surface area (Å²) in [5, 5.41) is 0. The number of alkyl halides is 3. The highest BCUT2D eigenvalue weighted by Crippen LogP contribution is 2.34. The average molecular weight is 277 g/mol. The zero-order valence-corrected chi connectivity index (χ0v) is 10.4. The van der Waals surface area contributed by atoms with Crippen molar-refractivity contribution >= 4 is 0 Å². The molecule has 0 amide bonds. The Kier molecular flexibility index (Phi) is 3.82. The summed E-state index contributed by atoms with van der Waals surface area (Å²) in [5.74, 6) is -1.28. The molecule has 1 fully saturated rings. The van der Waals surface area contributed by atoms with Crippen molar-refractivity contribution in [3.05, 3.63) is 35.1 Å². The fourth-order valence-corrected chi connectivity index (χ4v) is 2.34. The number of hydrogen-bond donors (Lipinski definition) is 1. The van der Waals surface area contributed by atoms with Crippen LogP contribution in [0.4, 0.5) is 17.6 Å². The number of benzene rings is 1. The second-order valence-electron chi connectivity index (χ2n) is 4.90. The van der Waals surface area contributed by atoms with E-state index in [2.05, 4.69) is 0 Å². The molecule has 0 aromatic heterocycles. The molecular formula is C13H15F4NO. The first-order chi connectivity index (χ1) is 8.79. The van der Waals surface area contributed by atoms with Crippen LogP contribution in [-0.2, 0) is 10.9 Å². The molecule has 1 aliphatic heterocycles. The molecule has 1 heterocycles. The summed E-state index contributed by atoms with van der Waals surface area (Å²) in [7, 11) is 0. The van der Waals surface area contributed by atoms with Crippen molar-refractivity contribution < 1.29 is 22.3 Å². The third-order valence-corrected chi connectivity index (χ3v) is 3.42. The molecule has 1 aromatic carbocycles. The highest BCUT2D eigenvalue weighted by atomic mass is 19.4. The summed E-state index contributed by atoms with van der Waals surface area (Å²) in [6.07, 6.45) is -3.88. The highest BCUT2D eigenvalue weighted by Gasteiger charge is 2.35. The van der Waals surface area contributed by atoms with Gasteiger partial charge in [-0.05, 0) is 31.0 Å². The Morgan fingerprint density at radius 1 is 1.37 bits per heavy atom. The van der Waals surface area contributed by atoms with Crippen LogP contribution in [0.5, 0.6) is 0 Å². The number of halogens is 4. The smallest absolute Gasteiger partial charge is 0.378 e. The normalized spacial score (nSPS) is 25.6.